The first-order valence-electron chi connectivity index (χ1n) is 5.61. The van der Waals surface area contributed by atoms with Crippen molar-refractivity contribution in [2.75, 3.05) is 18.5 Å². The van der Waals surface area contributed by atoms with Gasteiger partial charge in [-0.2, -0.15) is 0 Å². The van der Waals surface area contributed by atoms with Gasteiger partial charge in [-0.15, -0.1) is 0 Å². The normalized spacial score (nSPS) is 15.2. The maximum atomic E-state index is 8.72. The average molecular weight is 242 g/mol. The zero-order valence-corrected chi connectivity index (χ0v) is 10.1. The predicted molar refractivity (Wildman–Crippen MR) is 63.9 cm³/mol. The Balaban J connectivity index is 2.14. The number of hydrogen-bond donors (Lipinski definition) is 2. The van der Waals surface area contributed by atoms with E-state index in [0.717, 1.165) is 30.0 Å². The molecular weight excluding hydrogens is 226 g/mol. The molecule has 5 heteroatoms. The van der Waals surface area contributed by atoms with E-state index in [9.17, 15) is 0 Å². The van der Waals surface area contributed by atoms with E-state index >= 15 is 0 Å². The molecule has 1 saturated carbocycles. The summed E-state index contributed by atoms with van der Waals surface area (Å²) in [5.74, 6) is 2.15. The third-order valence-electron chi connectivity index (χ3n) is 2.67. The van der Waals surface area contributed by atoms with E-state index in [4.69, 9.17) is 16.7 Å². The van der Waals surface area contributed by atoms with E-state index in [1.54, 1.807) is 0 Å². The minimum Gasteiger partial charge on any atom is -0.396 e. The summed E-state index contributed by atoms with van der Waals surface area (Å²) in [5, 5.41) is 12.4. The van der Waals surface area contributed by atoms with Crippen LogP contribution in [0.1, 0.15) is 36.6 Å². The lowest BCUT2D eigenvalue weighted by atomic mass is 10.3. The van der Waals surface area contributed by atoms with Crippen molar-refractivity contribution < 1.29 is 5.11 Å². The smallest absolute Gasteiger partial charge is 0.137 e. The molecule has 1 aromatic rings. The first-order valence-corrected chi connectivity index (χ1v) is 5.99. The lowest BCUT2D eigenvalue weighted by Gasteiger charge is -2.10. The molecule has 0 unspecified atom stereocenters. The van der Waals surface area contributed by atoms with Crippen LogP contribution in [0.15, 0.2) is 0 Å². The van der Waals surface area contributed by atoms with Gasteiger partial charge in [0.15, 0.2) is 0 Å². The Bertz CT molecular complexity index is 380. The third-order valence-corrected chi connectivity index (χ3v) is 3.04. The van der Waals surface area contributed by atoms with Gasteiger partial charge in [0.05, 0.1) is 0 Å². The van der Waals surface area contributed by atoms with Crippen LogP contribution in [0.5, 0.6) is 0 Å². The SMILES string of the molecule is Cc1c(Cl)nc(C2CC2)nc1NCCCO. The highest BCUT2D eigenvalue weighted by molar-refractivity contribution is 6.30. The molecule has 1 fully saturated rings. The fourth-order valence-corrected chi connectivity index (χ4v) is 1.66. The van der Waals surface area contributed by atoms with Crippen molar-refractivity contribution >= 4 is 17.4 Å². The summed E-state index contributed by atoms with van der Waals surface area (Å²) < 4.78 is 0. The Labute approximate surface area is 100 Å². The highest BCUT2D eigenvalue weighted by atomic mass is 35.5. The van der Waals surface area contributed by atoms with Gasteiger partial charge in [0.2, 0.25) is 0 Å². The van der Waals surface area contributed by atoms with Crippen molar-refractivity contribution in [3.8, 4) is 0 Å². The number of anilines is 1. The van der Waals surface area contributed by atoms with Crippen molar-refractivity contribution in [3.05, 3.63) is 16.5 Å². The number of halogens is 1. The van der Waals surface area contributed by atoms with Gasteiger partial charge in [-0.1, -0.05) is 11.6 Å². The number of nitrogens with zero attached hydrogens (tertiary/aromatic N) is 2. The number of aromatic nitrogens is 2. The van der Waals surface area contributed by atoms with Gasteiger partial charge in [0.25, 0.3) is 0 Å². The van der Waals surface area contributed by atoms with E-state index in [1.807, 2.05) is 6.92 Å². The Kier molecular flexibility index (Phi) is 3.61. The molecule has 0 saturated heterocycles. The molecule has 0 bridgehead atoms. The second-order valence-corrected chi connectivity index (χ2v) is 4.48. The van der Waals surface area contributed by atoms with Crippen LogP contribution in [0.4, 0.5) is 5.82 Å². The third kappa shape index (κ3) is 2.62. The van der Waals surface area contributed by atoms with E-state index in [1.165, 1.54) is 0 Å². The first-order chi connectivity index (χ1) is 7.72. The Morgan fingerprint density at radius 2 is 2.19 bits per heavy atom. The topological polar surface area (TPSA) is 58.0 Å². The van der Waals surface area contributed by atoms with Crippen LogP contribution in [0, 0.1) is 6.92 Å². The molecule has 1 aliphatic carbocycles. The lowest BCUT2D eigenvalue weighted by molar-refractivity contribution is 0.292. The summed E-state index contributed by atoms with van der Waals surface area (Å²) in [4.78, 5) is 8.77. The summed E-state index contributed by atoms with van der Waals surface area (Å²) in [7, 11) is 0. The van der Waals surface area contributed by atoms with Gasteiger partial charge >= 0.3 is 0 Å². The average Bonchev–Trinajstić information content (AvgIpc) is 3.08. The fraction of sp³-hybridized carbons (Fsp3) is 0.636. The predicted octanol–water partition coefficient (Wildman–Crippen LogP) is 2.11. The molecule has 0 amide bonds. The van der Waals surface area contributed by atoms with Gasteiger partial charge in [-0.25, -0.2) is 9.97 Å². The van der Waals surface area contributed by atoms with Crippen LogP contribution < -0.4 is 5.32 Å². The summed E-state index contributed by atoms with van der Waals surface area (Å²) in [6.45, 7) is 2.79. The fourth-order valence-electron chi connectivity index (χ4n) is 1.49. The molecular formula is C11H16ClN3O. The maximum absolute atomic E-state index is 8.72. The van der Waals surface area contributed by atoms with Crippen LogP contribution in [0.3, 0.4) is 0 Å². The van der Waals surface area contributed by atoms with Crippen molar-refractivity contribution in [1.29, 1.82) is 0 Å². The van der Waals surface area contributed by atoms with Gasteiger partial charge in [-0.05, 0) is 26.2 Å². The summed E-state index contributed by atoms with van der Waals surface area (Å²) in [6.07, 6.45) is 3.03. The van der Waals surface area contributed by atoms with Crippen molar-refractivity contribution in [1.82, 2.24) is 9.97 Å². The molecule has 0 spiro atoms. The number of aliphatic hydroxyl groups is 1. The van der Waals surface area contributed by atoms with Crippen LogP contribution in [0.2, 0.25) is 5.15 Å². The minimum atomic E-state index is 0.181. The van der Waals surface area contributed by atoms with Gasteiger partial charge in [0, 0.05) is 24.6 Å². The largest absolute Gasteiger partial charge is 0.396 e. The molecule has 0 atom stereocenters. The number of nitrogens with one attached hydrogen (secondary N) is 1. The lowest BCUT2D eigenvalue weighted by Crippen LogP contribution is -2.09. The van der Waals surface area contributed by atoms with E-state index < -0.39 is 0 Å². The second kappa shape index (κ2) is 4.97. The molecule has 2 N–H and O–H groups in total. The molecule has 0 aliphatic heterocycles. The number of rotatable bonds is 5. The monoisotopic (exact) mass is 241 g/mol. The van der Waals surface area contributed by atoms with Crippen LogP contribution in [-0.2, 0) is 0 Å². The second-order valence-electron chi connectivity index (χ2n) is 4.12. The van der Waals surface area contributed by atoms with E-state index in [-0.39, 0.29) is 6.61 Å². The molecule has 1 heterocycles. The highest BCUT2D eigenvalue weighted by Gasteiger charge is 2.27. The van der Waals surface area contributed by atoms with Crippen LogP contribution in [0.25, 0.3) is 0 Å². The Hall–Kier alpha value is -0.870. The molecule has 88 valence electrons. The molecule has 1 aliphatic rings. The van der Waals surface area contributed by atoms with Crippen LogP contribution in [-0.4, -0.2) is 28.2 Å². The summed E-state index contributed by atoms with van der Waals surface area (Å²) in [6, 6.07) is 0. The zero-order valence-electron chi connectivity index (χ0n) is 9.33. The highest BCUT2D eigenvalue weighted by Crippen LogP contribution is 2.39. The van der Waals surface area contributed by atoms with E-state index in [0.29, 0.717) is 24.0 Å². The molecule has 4 nitrogen and oxygen atoms in total. The number of aliphatic hydroxyl groups excluding tert-OH is 1. The molecule has 0 aromatic carbocycles. The summed E-state index contributed by atoms with van der Waals surface area (Å²) in [5.41, 5.74) is 0.879. The first kappa shape index (κ1) is 11.6. The zero-order chi connectivity index (χ0) is 11.5. The van der Waals surface area contributed by atoms with Crippen molar-refractivity contribution in [3.63, 3.8) is 0 Å². The van der Waals surface area contributed by atoms with Gasteiger partial charge < -0.3 is 10.4 Å². The maximum Gasteiger partial charge on any atom is 0.137 e. The molecule has 2 rings (SSSR count). The Morgan fingerprint density at radius 3 is 2.81 bits per heavy atom. The summed E-state index contributed by atoms with van der Waals surface area (Å²) >= 11 is 6.06. The minimum absolute atomic E-state index is 0.181. The molecule has 1 aromatic heterocycles. The van der Waals surface area contributed by atoms with Gasteiger partial charge in [-0.3, -0.25) is 0 Å². The quantitative estimate of drug-likeness (QED) is 0.612. The van der Waals surface area contributed by atoms with Crippen LogP contribution >= 0.6 is 11.6 Å². The van der Waals surface area contributed by atoms with Crippen molar-refractivity contribution in [2.45, 2.75) is 32.1 Å². The standard InChI is InChI=1S/C11H16ClN3O/c1-7-9(12)14-11(8-3-4-8)15-10(7)13-5-2-6-16/h8,16H,2-6H2,1H3,(H,13,14,15). The van der Waals surface area contributed by atoms with E-state index in [2.05, 4.69) is 15.3 Å². The molecule has 0 radical (unpaired) electrons. The molecule has 16 heavy (non-hydrogen) atoms. The Morgan fingerprint density at radius 1 is 1.44 bits per heavy atom. The number of hydrogen-bond acceptors (Lipinski definition) is 4. The van der Waals surface area contributed by atoms with Crippen molar-refractivity contribution in [2.24, 2.45) is 0 Å². The van der Waals surface area contributed by atoms with Gasteiger partial charge in [0.1, 0.15) is 16.8 Å².